The molecule has 0 radical (unpaired) electrons. The first-order valence-corrected chi connectivity index (χ1v) is 10.1. The van der Waals surface area contributed by atoms with E-state index in [9.17, 15) is 4.79 Å². The molecule has 1 N–H and O–H groups in total. The molecule has 1 aromatic heterocycles. The third-order valence-corrected chi connectivity index (χ3v) is 5.68. The van der Waals surface area contributed by atoms with Gasteiger partial charge in [0.1, 0.15) is 11.4 Å². The number of aromatic nitrogens is 1. The molecule has 6 heteroatoms. The van der Waals surface area contributed by atoms with E-state index in [0.717, 1.165) is 55.9 Å². The second kappa shape index (κ2) is 8.57. The number of nitrogens with zero attached hydrogens (tertiary/aromatic N) is 3. The second-order valence-corrected chi connectivity index (χ2v) is 7.52. The van der Waals surface area contributed by atoms with Gasteiger partial charge in [0.25, 0.3) is 5.91 Å². The van der Waals surface area contributed by atoms with Gasteiger partial charge < -0.3 is 19.5 Å². The second-order valence-electron chi connectivity index (χ2n) is 7.52. The molecule has 1 saturated heterocycles. The van der Waals surface area contributed by atoms with Crippen LogP contribution in [0.25, 0.3) is 10.9 Å². The molecular weight excluding hydrogens is 364 g/mol. The number of likely N-dealkylation sites (N-methyl/N-ethyl adjacent to an activating group) is 1. The minimum absolute atomic E-state index is 0.0937. The van der Waals surface area contributed by atoms with Crippen LogP contribution in [0.15, 0.2) is 54.6 Å². The van der Waals surface area contributed by atoms with Crippen LogP contribution in [0.2, 0.25) is 0 Å². The summed E-state index contributed by atoms with van der Waals surface area (Å²) >= 11 is 0. The molecule has 0 spiro atoms. The zero-order chi connectivity index (χ0) is 20.2. The first-order valence-electron chi connectivity index (χ1n) is 10.1. The Bertz CT molecular complexity index is 925. The van der Waals surface area contributed by atoms with Crippen LogP contribution >= 0.6 is 0 Å². The van der Waals surface area contributed by atoms with Gasteiger partial charge in [-0.15, -0.1) is 0 Å². The number of H-pyrrole nitrogens is 1. The summed E-state index contributed by atoms with van der Waals surface area (Å²) in [5, 5.41) is 1.08. The molecule has 152 valence electrons. The SMILES string of the molecule is COc1ccc(N(C)CCN2CCN(C(=O)c3cc4ccccc4[nH]3)CC2)cc1. The Morgan fingerprint density at radius 1 is 1.07 bits per heavy atom. The van der Waals surface area contributed by atoms with Crippen molar-refractivity contribution >= 4 is 22.5 Å². The number of anilines is 1. The Morgan fingerprint density at radius 3 is 2.48 bits per heavy atom. The zero-order valence-electron chi connectivity index (χ0n) is 17.1. The number of benzene rings is 2. The topological polar surface area (TPSA) is 51.8 Å². The lowest BCUT2D eigenvalue weighted by Gasteiger charge is -2.35. The van der Waals surface area contributed by atoms with Crippen LogP contribution in [0.1, 0.15) is 10.5 Å². The quantitative estimate of drug-likeness (QED) is 0.701. The van der Waals surface area contributed by atoms with Gasteiger partial charge in [0.2, 0.25) is 0 Å². The Hall–Kier alpha value is -2.99. The highest BCUT2D eigenvalue weighted by Gasteiger charge is 2.23. The summed E-state index contributed by atoms with van der Waals surface area (Å²) < 4.78 is 5.22. The standard InChI is InChI=1S/C23H28N4O2/c1-25(19-7-9-20(29-2)10-8-19)11-12-26-13-15-27(16-14-26)23(28)22-17-18-5-3-4-6-21(18)24-22/h3-10,17,24H,11-16H2,1-2H3. The highest BCUT2D eigenvalue weighted by atomic mass is 16.5. The number of hydrogen-bond acceptors (Lipinski definition) is 4. The van der Waals surface area contributed by atoms with Gasteiger partial charge in [-0.2, -0.15) is 0 Å². The normalized spacial score (nSPS) is 14.9. The largest absolute Gasteiger partial charge is 0.497 e. The van der Waals surface area contributed by atoms with Gasteiger partial charge in [-0.3, -0.25) is 9.69 Å². The van der Waals surface area contributed by atoms with Crippen molar-refractivity contribution in [2.24, 2.45) is 0 Å². The van der Waals surface area contributed by atoms with E-state index in [-0.39, 0.29) is 5.91 Å². The molecule has 0 bridgehead atoms. The molecule has 0 atom stereocenters. The van der Waals surface area contributed by atoms with Crippen LogP contribution in [0.4, 0.5) is 5.69 Å². The van der Waals surface area contributed by atoms with Gasteiger partial charge in [-0.25, -0.2) is 0 Å². The van der Waals surface area contributed by atoms with Crippen LogP contribution in [0.5, 0.6) is 5.75 Å². The fraction of sp³-hybridized carbons (Fsp3) is 0.348. The molecule has 4 rings (SSSR count). The zero-order valence-corrected chi connectivity index (χ0v) is 17.1. The van der Waals surface area contributed by atoms with Gasteiger partial charge in [0, 0.05) is 62.9 Å². The summed E-state index contributed by atoms with van der Waals surface area (Å²) in [7, 11) is 3.79. The van der Waals surface area contributed by atoms with E-state index in [2.05, 4.69) is 34.0 Å². The molecule has 0 aliphatic carbocycles. The number of rotatable bonds is 6. The van der Waals surface area contributed by atoms with E-state index in [1.165, 1.54) is 5.69 Å². The molecule has 1 aliphatic heterocycles. The van der Waals surface area contributed by atoms with Gasteiger partial charge >= 0.3 is 0 Å². The van der Waals surface area contributed by atoms with Crippen molar-refractivity contribution in [2.75, 3.05) is 58.3 Å². The number of methoxy groups -OCH3 is 1. The lowest BCUT2D eigenvalue weighted by Crippen LogP contribution is -2.50. The number of fused-ring (bicyclic) bond motifs is 1. The Balaban J connectivity index is 1.27. The lowest BCUT2D eigenvalue weighted by atomic mass is 10.2. The first kappa shape index (κ1) is 19.3. The highest BCUT2D eigenvalue weighted by Crippen LogP contribution is 2.19. The third kappa shape index (κ3) is 4.38. The fourth-order valence-corrected chi connectivity index (χ4v) is 3.79. The molecule has 1 amide bonds. The predicted molar refractivity (Wildman–Crippen MR) is 117 cm³/mol. The number of nitrogens with one attached hydrogen (secondary N) is 1. The maximum absolute atomic E-state index is 12.8. The summed E-state index contributed by atoms with van der Waals surface area (Å²) in [4.78, 5) is 22.7. The van der Waals surface area contributed by atoms with Crippen molar-refractivity contribution in [1.82, 2.24) is 14.8 Å². The number of carbonyl (C=O) groups excluding carboxylic acids is 1. The van der Waals surface area contributed by atoms with Crippen LogP contribution in [0.3, 0.4) is 0 Å². The van der Waals surface area contributed by atoms with Crippen molar-refractivity contribution in [2.45, 2.75) is 0 Å². The Kier molecular flexibility index (Phi) is 5.71. The van der Waals surface area contributed by atoms with Gasteiger partial charge in [0.15, 0.2) is 0 Å². The molecule has 1 aliphatic rings. The number of amides is 1. The maximum atomic E-state index is 12.8. The minimum Gasteiger partial charge on any atom is -0.497 e. The average molecular weight is 393 g/mol. The van der Waals surface area contributed by atoms with Crippen molar-refractivity contribution in [1.29, 1.82) is 0 Å². The Morgan fingerprint density at radius 2 is 1.79 bits per heavy atom. The van der Waals surface area contributed by atoms with Gasteiger partial charge in [-0.1, -0.05) is 18.2 Å². The molecule has 1 fully saturated rings. The smallest absolute Gasteiger partial charge is 0.270 e. The fourth-order valence-electron chi connectivity index (χ4n) is 3.79. The molecule has 2 heterocycles. The summed E-state index contributed by atoms with van der Waals surface area (Å²) in [6, 6.07) is 18.1. The first-order chi connectivity index (χ1) is 14.1. The van der Waals surface area contributed by atoms with E-state index in [0.29, 0.717) is 5.69 Å². The molecule has 0 unspecified atom stereocenters. The lowest BCUT2D eigenvalue weighted by molar-refractivity contribution is 0.0635. The van der Waals surface area contributed by atoms with Crippen LogP contribution < -0.4 is 9.64 Å². The van der Waals surface area contributed by atoms with Crippen molar-refractivity contribution in [3.8, 4) is 5.75 Å². The van der Waals surface area contributed by atoms with E-state index in [1.54, 1.807) is 7.11 Å². The third-order valence-electron chi connectivity index (χ3n) is 5.68. The molecule has 2 aromatic carbocycles. The number of carbonyl (C=O) groups is 1. The maximum Gasteiger partial charge on any atom is 0.270 e. The average Bonchev–Trinajstić information content (AvgIpc) is 3.22. The van der Waals surface area contributed by atoms with Crippen molar-refractivity contribution in [3.63, 3.8) is 0 Å². The number of hydrogen-bond donors (Lipinski definition) is 1. The molecule has 0 saturated carbocycles. The highest BCUT2D eigenvalue weighted by molar-refractivity contribution is 5.98. The molecular formula is C23H28N4O2. The summed E-state index contributed by atoms with van der Waals surface area (Å²) in [5.74, 6) is 0.967. The van der Waals surface area contributed by atoms with Crippen LogP contribution in [-0.4, -0.2) is 74.1 Å². The molecule has 3 aromatic rings. The summed E-state index contributed by atoms with van der Waals surface area (Å²) in [6.07, 6.45) is 0. The number of ether oxygens (including phenoxy) is 1. The summed E-state index contributed by atoms with van der Waals surface area (Å²) in [6.45, 7) is 5.27. The van der Waals surface area contributed by atoms with Gasteiger partial charge in [-0.05, 0) is 36.4 Å². The van der Waals surface area contributed by atoms with Gasteiger partial charge in [0.05, 0.1) is 7.11 Å². The molecule has 29 heavy (non-hydrogen) atoms. The van der Waals surface area contributed by atoms with E-state index < -0.39 is 0 Å². The molecule has 6 nitrogen and oxygen atoms in total. The Labute approximate surface area is 171 Å². The van der Waals surface area contributed by atoms with E-state index >= 15 is 0 Å². The van der Waals surface area contributed by atoms with Crippen LogP contribution in [-0.2, 0) is 0 Å². The summed E-state index contributed by atoms with van der Waals surface area (Å²) in [5.41, 5.74) is 2.87. The van der Waals surface area contributed by atoms with Crippen molar-refractivity contribution in [3.05, 3.63) is 60.3 Å². The number of para-hydroxylation sites is 1. The monoisotopic (exact) mass is 392 g/mol. The predicted octanol–water partition coefficient (Wildman–Crippen LogP) is 3.07. The number of aromatic amines is 1. The van der Waals surface area contributed by atoms with Crippen LogP contribution in [0, 0.1) is 0 Å². The van der Waals surface area contributed by atoms with E-state index in [1.807, 2.05) is 47.4 Å². The minimum atomic E-state index is 0.0937. The van der Waals surface area contributed by atoms with Crippen molar-refractivity contribution < 1.29 is 9.53 Å². The number of piperazine rings is 1. The van der Waals surface area contributed by atoms with E-state index in [4.69, 9.17) is 4.74 Å².